The summed E-state index contributed by atoms with van der Waals surface area (Å²) in [5, 5.41) is 9.68. The Labute approximate surface area is 610 Å². The summed E-state index contributed by atoms with van der Waals surface area (Å²) in [7, 11) is 0. The van der Waals surface area contributed by atoms with Gasteiger partial charge < -0.3 is 13.7 Å². The Hall–Kier alpha value is -14.5. The molecule has 0 bridgehead atoms. The zero-order chi connectivity index (χ0) is 70.0. The highest BCUT2D eigenvalue weighted by molar-refractivity contribution is 6.15. The first-order valence-electron chi connectivity index (χ1n) is 35.7. The molecule has 10 heteroatoms. The van der Waals surface area contributed by atoms with E-state index in [1.807, 2.05) is 121 Å². The van der Waals surface area contributed by atoms with Gasteiger partial charge in [0.15, 0.2) is 29.1 Å². The summed E-state index contributed by atoms with van der Waals surface area (Å²) in [4.78, 5) is 30.0. The molecule has 0 amide bonds. The highest BCUT2D eigenvalue weighted by Crippen LogP contribution is 2.42. The molecule has 6 aromatic heterocycles. The molecular formula is C96H62N10. The van der Waals surface area contributed by atoms with Crippen molar-refractivity contribution in [3.63, 3.8) is 0 Å². The zero-order valence-electron chi connectivity index (χ0n) is 57.3. The van der Waals surface area contributed by atoms with E-state index < -0.39 is 0 Å². The first-order chi connectivity index (χ1) is 52.6. The van der Waals surface area contributed by atoms with Gasteiger partial charge in [-0.3, -0.25) is 4.57 Å². The molecule has 0 saturated carbocycles. The third-order valence-corrected chi connectivity index (χ3v) is 20.4. The van der Waals surface area contributed by atoms with Crippen molar-refractivity contribution in [3.8, 4) is 102 Å². The molecule has 0 spiro atoms. The van der Waals surface area contributed by atoms with Crippen molar-refractivity contribution >= 4 is 87.2 Å². The number of fused-ring (bicyclic) bond motifs is 12. The molecule has 21 aromatic rings. The van der Waals surface area contributed by atoms with Crippen LogP contribution in [0.4, 0.5) is 0 Å². The molecule has 0 aliphatic carbocycles. The van der Waals surface area contributed by atoms with Gasteiger partial charge in [0.05, 0.1) is 44.1 Å². The maximum absolute atomic E-state index is 5.12. The van der Waals surface area contributed by atoms with Crippen LogP contribution in [0.25, 0.3) is 189 Å². The Morgan fingerprint density at radius 3 is 0.736 bits per heavy atom. The van der Waals surface area contributed by atoms with Crippen LogP contribution in [0, 0.1) is 0 Å². The van der Waals surface area contributed by atoms with Crippen molar-refractivity contribution in [3.05, 3.63) is 376 Å². The molecule has 496 valence electrons. The molecule has 0 saturated heterocycles. The first-order valence-corrected chi connectivity index (χ1v) is 35.7. The van der Waals surface area contributed by atoms with Crippen LogP contribution >= 0.6 is 0 Å². The molecule has 15 aromatic carbocycles. The summed E-state index contributed by atoms with van der Waals surface area (Å²) in [6.07, 6.45) is 0. The van der Waals surface area contributed by atoms with E-state index in [0.29, 0.717) is 35.1 Å². The van der Waals surface area contributed by atoms with Crippen molar-refractivity contribution in [1.29, 1.82) is 0 Å². The minimum absolute atomic E-state index is 0.586. The lowest BCUT2D eigenvalue weighted by Crippen LogP contribution is -2.06. The summed E-state index contributed by atoms with van der Waals surface area (Å²) in [5.74, 6) is 3.80. The Kier molecular flexibility index (Phi) is 15.0. The predicted octanol–water partition coefficient (Wildman–Crippen LogP) is 23.8. The largest absolute Gasteiger partial charge is 0.309 e. The summed E-state index contributed by atoms with van der Waals surface area (Å²) in [6, 6.07) is 132. The number of hydrogen-bond acceptors (Lipinski definition) is 6. The van der Waals surface area contributed by atoms with Gasteiger partial charge >= 0.3 is 0 Å². The second-order valence-corrected chi connectivity index (χ2v) is 26.6. The smallest absolute Gasteiger partial charge is 0.238 e. The predicted molar refractivity (Wildman–Crippen MR) is 435 cm³/mol. The fourth-order valence-corrected chi connectivity index (χ4v) is 15.4. The van der Waals surface area contributed by atoms with Crippen molar-refractivity contribution < 1.29 is 0 Å². The van der Waals surface area contributed by atoms with Crippen LogP contribution in [0.5, 0.6) is 0 Å². The van der Waals surface area contributed by atoms with Gasteiger partial charge in [0.25, 0.3) is 0 Å². The van der Waals surface area contributed by atoms with Gasteiger partial charge in [-0.25, -0.2) is 19.9 Å². The standard InChI is InChI=1S/C51H33N5.C45H29N5/c1-4-14-34(15-5-1)49-52-50(35-16-6-2-7-17-35)54-51(53-49)36-24-28-40(29-25-36)56-46-23-13-11-21-42(46)44-33-38(27-31-48(44)56)37-26-30-47-43(32-37)41-20-10-12-22-45(41)55(47)39-18-8-3-9-19-39;1-4-14-30(15-5-1)43-46-44(31-16-6-2-7-17-31)48-45(47-43)50-40-23-13-10-20-35(40)37-26-24-33(29-42(37)50)32-25-27-41-38(28-32)36-21-11-12-22-39(36)49(41)34-18-8-3-9-19-34/h1-33H;1-29H. The molecule has 21 rings (SSSR count). The quantitative estimate of drug-likeness (QED) is 0.128. The molecule has 0 radical (unpaired) electrons. The van der Waals surface area contributed by atoms with E-state index >= 15 is 0 Å². The summed E-state index contributed by atoms with van der Waals surface area (Å²) >= 11 is 0. The lowest BCUT2D eigenvalue weighted by molar-refractivity contribution is 0.953. The van der Waals surface area contributed by atoms with Crippen LogP contribution in [0.15, 0.2) is 376 Å². The van der Waals surface area contributed by atoms with Crippen molar-refractivity contribution in [2.24, 2.45) is 0 Å². The molecule has 0 aliphatic heterocycles. The number of hydrogen-bond donors (Lipinski definition) is 0. The van der Waals surface area contributed by atoms with Crippen LogP contribution < -0.4 is 0 Å². The first kappa shape index (κ1) is 61.4. The number of rotatable bonds is 11. The molecule has 0 fully saturated rings. The van der Waals surface area contributed by atoms with Gasteiger partial charge in [0, 0.05) is 88.0 Å². The van der Waals surface area contributed by atoms with Crippen molar-refractivity contribution in [2.45, 2.75) is 0 Å². The van der Waals surface area contributed by atoms with Crippen molar-refractivity contribution in [1.82, 2.24) is 48.2 Å². The maximum atomic E-state index is 5.12. The molecule has 0 unspecified atom stereocenters. The highest BCUT2D eigenvalue weighted by atomic mass is 15.2. The van der Waals surface area contributed by atoms with Gasteiger partial charge in [-0.2, -0.15) is 9.97 Å². The van der Waals surface area contributed by atoms with Crippen LogP contribution in [0.1, 0.15) is 0 Å². The summed E-state index contributed by atoms with van der Waals surface area (Å²) < 4.78 is 9.26. The van der Waals surface area contributed by atoms with E-state index in [1.165, 1.54) is 65.5 Å². The normalized spacial score (nSPS) is 11.6. The van der Waals surface area contributed by atoms with E-state index in [1.54, 1.807) is 0 Å². The van der Waals surface area contributed by atoms with Gasteiger partial charge in [-0.1, -0.05) is 261 Å². The monoisotopic (exact) mass is 1350 g/mol. The minimum atomic E-state index is 0.586. The highest BCUT2D eigenvalue weighted by Gasteiger charge is 2.22. The van der Waals surface area contributed by atoms with E-state index in [0.717, 1.165) is 88.8 Å². The lowest BCUT2D eigenvalue weighted by atomic mass is 10.0. The van der Waals surface area contributed by atoms with E-state index in [9.17, 15) is 0 Å². The van der Waals surface area contributed by atoms with Gasteiger partial charge in [0.2, 0.25) is 5.95 Å². The Bertz CT molecular complexity index is 6790. The number of benzene rings is 15. The maximum Gasteiger partial charge on any atom is 0.238 e. The number of para-hydroxylation sites is 6. The van der Waals surface area contributed by atoms with Crippen molar-refractivity contribution in [2.75, 3.05) is 0 Å². The number of nitrogens with zero attached hydrogens (tertiary/aromatic N) is 10. The van der Waals surface area contributed by atoms with Gasteiger partial charge in [0.1, 0.15) is 0 Å². The molecule has 0 atom stereocenters. The Balaban J connectivity index is 0.000000141. The molecule has 0 N–H and O–H groups in total. The van der Waals surface area contributed by atoms with E-state index in [-0.39, 0.29) is 0 Å². The van der Waals surface area contributed by atoms with Crippen LogP contribution in [0.2, 0.25) is 0 Å². The van der Waals surface area contributed by atoms with Gasteiger partial charge in [-0.05, 0) is 138 Å². The third-order valence-electron chi connectivity index (χ3n) is 20.4. The SMILES string of the molecule is c1ccc(-c2nc(-c3ccccc3)nc(-c3ccc(-n4c5ccccc5c5cc(-c6ccc7c(c6)c6ccccc6n7-c6ccccc6)ccc54)cc3)n2)cc1.c1ccc(-c2nc(-c3ccccc3)nc(-n3c4ccccc4c4ccc(-c5ccc6c(c5)c5ccccc5n6-c5ccccc5)cc43)n2)cc1. The van der Waals surface area contributed by atoms with E-state index in [4.69, 9.17) is 29.9 Å². The fraction of sp³-hybridized carbons (Fsp3) is 0. The second-order valence-electron chi connectivity index (χ2n) is 26.6. The fourth-order valence-electron chi connectivity index (χ4n) is 15.4. The van der Waals surface area contributed by atoms with Crippen LogP contribution in [-0.4, -0.2) is 48.2 Å². The van der Waals surface area contributed by atoms with Gasteiger partial charge in [-0.15, -0.1) is 0 Å². The minimum Gasteiger partial charge on any atom is -0.309 e. The average Bonchev–Trinajstić information content (AvgIpc) is 1.59. The van der Waals surface area contributed by atoms with Crippen LogP contribution in [-0.2, 0) is 0 Å². The number of aromatic nitrogens is 10. The van der Waals surface area contributed by atoms with E-state index in [2.05, 4.69) is 273 Å². The lowest BCUT2D eigenvalue weighted by Gasteiger charge is -2.11. The van der Waals surface area contributed by atoms with Crippen LogP contribution in [0.3, 0.4) is 0 Å². The Morgan fingerprint density at radius 1 is 0.142 bits per heavy atom. The molecule has 0 aliphatic rings. The zero-order valence-corrected chi connectivity index (χ0v) is 57.3. The molecular weight excluding hydrogens is 1290 g/mol. The summed E-state index contributed by atoms with van der Waals surface area (Å²) in [6.45, 7) is 0. The second kappa shape index (κ2) is 25.8. The molecule has 10 nitrogen and oxygen atoms in total. The molecule has 6 heterocycles. The topological polar surface area (TPSA) is 97.1 Å². The Morgan fingerprint density at radius 2 is 0.377 bits per heavy atom. The molecule has 106 heavy (non-hydrogen) atoms. The third kappa shape index (κ3) is 10.7. The average molecular weight is 1360 g/mol. The summed E-state index contributed by atoms with van der Waals surface area (Å²) in [5.41, 5.74) is 22.0.